The second-order valence-corrected chi connectivity index (χ2v) is 4.50. The van der Waals surface area contributed by atoms with E-state index in [1.165, 1.54) is 0 Å². The van der Waals surface area contributed by atoms with E-state index < -0.39 is 12.1 Å². The fourth-order valence-corrected chi connectivity index (χ4v) is 1.96. The zero-order chi connectivity index (χ0) is 15.1. The Kier molecular flexibility index (Phi) is 4.93. The number of benzene rings is 2. The average molecular weight is 284 g/mol. The Morgan fingerprint density at radius 1 is 0.952 bits per heavy atom. The third-order valence-corrected chi connectivity index (χ3v) is 2.97. The summed E-state index contributed by atoms with van der Waals surface area (Å²) in [7, 11) is 0. The van der Waals surface area contributed by atoms with Crippen LogP contribution in [0, 0.1) is 0 Å². The van der Waals surface area contributed by atoms with Gasteiger partial charge in [0.05, 0.1) is 0 Å². The molecule has 0 fully saturated rings. The molecule has 2 aromatic rings. The van der Waals surface area contributed by atoms with Crippen LogP contribution in [0.1, 0.15) is 17.2 Å². The topological polar surface area (TPSA) is 78.4 Å². The largest absolute Gasteiger partial charge is 0.465 e. The highest BCUT2D eigenvalue weighted by Crippen LogP contribution is 2.13. The smallest absolute Gasteiger partial charge is 0.405 e. The maximum Gasteiger partial charge on any atom is 0.405 e. The Hall–Kier alpha value is -2.82. The molecule has 0 radical (unpaired) electrons. The number of hydrogen-bond donors (Lipinski definition) is 3. The van der Waals surface area contributed by atoms with Crippen LogP contribution in [-0.4, -0.2) is 17.1 Å². The fraction of sp³-hybridized carbons (Fsp3) is 0.125. The SMILES string of the molecule is O=C(O)NC(C(=O)NCc1ccccc1)c1ccccc1. The first kappa shape index (κ1) is 14.6. The van der Waals surface area contributed by atoms with E-state index >= 15 is 0 Å². The van der Waals surface area contributed by atoms with Crippen molar-refractivity contribution in [3.63, 3.8) is 0 Å². The van der Waals surface area contributed by atoms with Crippen LogP contribution < -0.4 is 10.6 Å². The van der Waals surface area contributed by atoms with Gasteiger partial charge in [0, 0.05) is 6.54 Å². The van der Waals surface area contributed by atoms with E-state index in [0.717, 1.165) is 5.56 Å². The van der Waals surface area contributed by atoms with E-state index in [1.807, 2.05) is 36.4 Å². The fourth-order valence-electron chi connectivity index (χ4n) is 1.96. The molecule has 0 aliphatic carbocycles. The summed E-state index contributed by atoms with van der Waals surface area (Å²) in [4.78, 5) is 23.1. The second kappa shape index (κ2) is 7.09. The Balaban J connectivity index is 2.06. The molecule has 1 unspecified atom stereocenters. The van der Waals surface area contributed by atoms with Gasteiger partial charge < -0.3 is 15.7 Å². The number of amides is 2. The van der Waals surface area contributed by atoms with Crippen molar-refractivity contribution in [1.29, 1.82) is 0 Å². The van der Waals surface area contributed by atoms with Crippen LogP contribution in [0.2, 0.25) is 0 Å². The van der Waals surface area contributed by atoms with Gasteiger partial charge >= 0.3 is 6.09 Å². The zero-order valence-electron chi connectivity index (χ0n) is 11.3. The number of hydrogen-bond acceptors (Lipinski definition) is 2. The third kappa shape index (κ3) is 4.35. The van der Waals surface area contributed by atoms with Gasteiger partial charge in [-0.1, -0.05) is 60.7 Å². The molecule has 5 heteroatoms. The molecule has 2 rings (SSSR count). The lowest BCUT2D eigenvalue weighted by Gasteiger charge is -2.17. The van der Waals surface area contributed by atoms with Crippen molar-refractivity contribution in [2.75, 3.05) is 0 Å². The number of carbonyl (C=O) groups is 2. The van der Waals surface area contributed by atoms with E-state index in [1.54, 1.807) is 24.3 Å². The van der Waals surface area contributed by atoms with E-state index in [9.17, 15) is 9.59 Å². The van der Waals surface area contributed by atoms with E-state index in [0.29, 0.717) is 12.1 Å². The summed E-state index contributed by atoms with van der Waals surface area (Å²) >= 11 is 0. The van der Waals surface area contributed by atoms with Crippen LogP contribution in [0.15, 0.2) is 60.7 Å². The lowest BCUT2D eigenvalue weighted by atomic mass is 10.1. The normalized spacial score (nSPS) is 11.4. The van der Waals surface area contributed by atoms with Crippen LogP contribution in [0.4, 0.5) is 4.79 Å². The Morgan fingerprint density at radius 3 is 2.10 bits per heavy atom. The highest BCUT2D eigenvalue weighted by molar-refractivity contribution is 5.86. The molecular weight excluding hydrogens is 268 g/mol. The summed E-state index contributed by atoms with van der Waals surface area (Å²) in [6.07, 6.45) is -1.24. The zero-order valence-corrected chi connectivity index (χ0v) is 11.3. The van der Waals surface area contributed by atoms with Crippen LogP contribution in [0.5, 0.6) is 0 Å². The quantitative estimate of drug-likeness (QED) is 0.788. The van der Waals surface area contributed by atoms with Crippen LogP contribution in [-0.2, 0) is 11.3 Å². The summed E-state index contributed by atoms with van der Waals surface area (Å²) in [5.41, 5.74) is 1.55. The van der Waals surface area contributed by atoms with Gasteiger partial charge in [-0.25, -0.2) is 4.79 Å². The Morgan fingerprint density at radius 2 is 1.52 bits per heavy atom. The molecule has 0 saturated heterocycles. The predicted octanol–water partition coefficient (Wildman–Crippen LogP) is 2.31. The minimum Gasteiger partial charge on any atom is -0.465 e. The molecule has 0 bridgehead atoms. The Labute approximate surface area is 122 Å². The third-order valence-electron chi connectivity index (χ3n) is 2.97. The van der Waals surface area contributed by atoms with Gasteiger partial charge in [-0.05, 0) is 11.1 Å². The minimum atomic E-state index is -1.24. The van der Waals surface area contributed by atoms with Gasteiger partial charge in [0.1, 0.15) is 6.04 Å². The molecule has 108 valence electrons. The lowest BCUT2D eigenvalue weighted by Crippen LogP contribution is -2.39. The number of rotatable bonds is 5. The second-order valence-electron chi connectivity index (χ2n) is 4.50. The first-order valence-electron chi connectivity index (χ1n) is 6.53. The molecule has 21 heavy (non-hydrogen) atoms. The maximum absolute atomic E-state index is 12.2. The maximum atomic E-state index is 12.2. The van der Waals surface area contributed by atoms with Crippen LogP contribution in [0.25, 0.3) is 0 Å². The average Bonchev–Trinajstić information content (AvgIpc) is 2.52. The van der Waals surface area contributed by atoms with Crippen LogP contribution in [0.3, 0.4) is 0 Å². The van der Waals surface area contributed by atoms with Gasteiger partial charge in [0.2, 0.25) is 5.91 Å². The summed E-state index contributed by atoms with van der Waals surface area (Å²) in [6, 6.07) is 17.3. The van der Waals surface area contributed by atoms with E-state index in [4.69, 9.17) is 5.11 Å². The van der Waals surface area contributed by atoms with Crippen molar-refractivity contribution in [3.8, 4) is 0 Å². The molecule has 0 spiro atoms. The number of carboxylic acid groups (broad SMARTS) is 1. The van der Waals surface area contributed by atoms with Crippen molar-refractivity contribution in [2.24, 2.45) is 0 Å². The number of nitrogens with one attached hydrogen (secondary N) is 2. The van der Waals surface area contributed by atoms with Gasteiger partial charge in [0.15, 0.2) is 0 Å². The Bertz CT molecular complexity index is 599. The summed E-state index contributed by atoms with van der Waals surface area (Å²) in [5, 5.41) is 13.9. The molecule has 5 nitrogen and oxygen atoms in total. The van der Waals surface area contributed by atoms with E-state index in [2.05, 4.69) is 10.6 Å². The molecule has 2 aromatic carbocycles. The molecule has 0 saturated carbocycles. The minimum absolute atomic E-state index is 0.351. The van der Waals surface area contributed by atoms with Crippen molar-refractivity contribution in [3.05, 3.63) is 71.8 Å². The van der Waals surface area contributed by atoms with Gasteiger partial charge in [-0.3, -0.25) is 4.79 Å². The highest BCUT2D eigenvalue weighted by atomic mass is 16.4. The summed E-state index contributed by atoms with van der Waals surface area (Å²) in [5.74, 6) is -0.382. The standard InChI is InChI=1S/C16H16N2O3/c19-15(17-11-12-7-3-1-4-8-12)14(18-16(20)21)13-9-5-2-6-10-13/h1-10,14,18H,11H2,(H,17,19)(H,20,21). The van der Waals surface area contributed by atoms with Gasteiger partial charge in [-0.15, -0.1) is 0 Å². The summed E-state index contributed by atoms with van der Waals surface area (Å²) < 4.78 is 0. The molecule has 0 aromatic heterocycles. The predicted molar refractivity (Wildman–Crippen MR) is 78.6 cm³/mol. The van der Waals surface area contributed by atoms with Crippen molar-refractivity contribution < 1.29 is 14.7 Å². The first-order chi connectivity index (χ1) is 10.2. The highest BCUT2D eigenvalue weighted by Gasteiger charge is 2.21. The molecular formula is C16H16N2O3. The van der Waals surface area contributed by atoms with E-state index in [-0.39, 0.29) is 5.91 Å². The molecule has 2 amide bonds. The molecule has 1 atom stereocenters. The van der Waals surface area contributed by atoms with Gasteiger partial charge in [-0.2, -0.15) is 0 Å². The molecule has 0 aliphatic rings. The molecule has 0 aliphatic heterocycles. The first-order valence-corrected chi connectivity index (χ1v) is 6.53. The van der Waals surface area contributed by atoms with Crippen molar-refractivity contribution >= 4 is 12.0 Å². The lowest BCUT2D eigenvalue weighted by molar-refractivity contribution is -0.123. The molecule has 0 heterocycles. The molecule has 3 N–H and O–H groups in total. The van der Waals surface area contributed by atoms with Crippen molar-refractivity contribution in [2.45, 2.75) is 12.6 Å². The number of carbonyl (C=O) groups excluding carboxylic acids is 1. The van der Waals surface area contributed by atoms with Crippen molar-refractivity contribution in [1.82, 2.24) is 10.6 Å². The van der Waals surface area contributed by atoms with Crippen LogP contribution >= 0.6 is 0 Å². The van der Waals surface area contributed by atoms with Gasteiger partial charge in [0.25, 0.3) is 0 Å². The summed E-state index contributed by atoms with van der Waals surface area (Å²) in [6.45, 7) is 0.351. The monoisotopic (exact) mass is 284 g/mol.